The fourth-order valence-electron chi connectivity index (χ4n) is 1.96. The number of ether oxygens (including phenoxy) is 1. The van der Waals surface area contributed by atoms with Gasteiger partial charge in [0.2, 0.25) is 0 Å². The Balaban J connectivity index is 2.12. The van der Waals surface area contributed by atoms with Crippen molar-refractivity contribution in [2.75, 3.05) is 7.11 Å². The van der Waals surface area contributed by atoms with Crippen molar-refractivity contribution in [2.45, 2.75) is 20.8 Å². The van der Waals surface area contributed by atoms with Gasteiger partial charge in [-0.1, -0.05) is 12.1 Å². The molecule has 0 atom stereocenters. The van der Waals surface area contributed by atoms with Crippen molar-refractivity contribution < 1.29 is 13.9 Å². The lowest BCUT2D eigenvalue weighted by molar-refractivity contribution is 0.0953. The molecule has 0 spiro atoms. The molecule has 0 aliphatic carbocycles. The fraction of sp³-hybridized carbons (Fsp3) is 0.250. The number of carbonyl (C=O) groups excluding carboxylic acids is 1. The Morgan fingerprint density at radius 3 is 2.67 bits per heavy atom. The summed E-state index contributed by atoms with van der Waals surface area (Å²) in [6, 6.07) is 9.19. The zero-order valence-corrected chi connectivity index (χ0v) is 12.6. The highest BCUT2D eigenvalue weighted by Gasteiger charge is 2.12. The van der Waals surface area contributed by atoms with Crippen LogP contribution in [0.15, 0.2) is 39.9 Å². The van der Waals surface area contributed by atoms with E-state index in [2.05, 4.69) is 10.5 Å². The lowest BCUT2D eigenvalue weighted by Crippen LogP contribution is -2.19. The van der Waals surface area contributed by atoms with E-state index in [1.165, 1.54) is 0 Å². The van der Waals surface area contributed by atoms with E-state index in [9.17, 15) is 4.79 Å². The van der Waals surface area contributed by atoms with Crippen LogP contribution >= 0.6 is 0 Å². The van der Waals surface area contributed by atoms with Crippen LogP contribution in [0.25, 0.3) is 0 Å². The van der Waals surface area contributed by atoms with Gasteiger partial charge in [0.15, 0.2) is 0 Å². The second kappa shape index (κ2) is 6.26. The van der Waals surface area contributed by atoms with Crippen LogP contribution in [0.5, 0.6) is 5.75 Å². The maximum absolute atomic E-state index is 12.0. The average molecular weight is 286 g/mol. The monoisotopic (exact) mass is 286 g/mol. The minimum Gasteiger partial charge on any atom is -0.497 e. The Labute approximate surface area is 123 Å². The largest absolute Gasteiger partial charge is 0.497 e. The smallest absolute Gasteiger partial charge is 0.274 e. The Morgan fingerprint density at radius 1 is 1.29 bits per heavy atom. The van der Waals surface area contributed by atoms with Gasteiger partial charge in [0, 0.05) is 5.56 Å². The quantitative estimate of drug-likeness (QED) is 0.694. The molecule has 1 heterocycles. The number of benzene rings is 1. The van der Waals surface area contributed by atoms with Crippen LogP contribution < -0.4 is 10.2 Å². The second-order valence-electron chi connectivity index (χ2n) is 4.70. The van der Waals surface area contributed by atoms with Gasteiger partial charge >= 0.3 is 0 Å². The topological polar surface area (TPSA) is 63.8 Å². The van der Waals surface area contributed by atoms with Crippen LogP contribution in [-0.4, -0.2) is 18.7 Å². The molecule has 0 fully saturated rings. The molecule has 0 bridgehead atoms. The lowest BCUT2D eigenvalue weighted by Gasteiger charge is -2.04. The average Bonchev–Trinajstić information content (AvgIpc) is 2.83. The van der Waals surface area contributed by atoms with E-state index in [0.29, 0.717) is 22.8 Å². The molecule has 1 aromatic carbocycles. The molecule has 0 aliphatic rings. The summed E-state index contributed by atoms with van der Waals surface area (Å²) in [5.74, 6) is 1.74. The van der Waals surface area contributed by atoms with Crippen LogP contribution in [0, 0.1) is 13.8 Å². The second-order valence-corrected chi connectivity index (χ2v) is 4.70. The third-order valence-corrected chi connectivity index (χ3v) is 3.10. The molecule has 0 aliphatic heterocycles. The molecule has 21 heavy (non-hydrogen) atoms. The summed E-state index contributed by atoms with van der Waals surface area (Å²) in [6.45, 7) is 5.37. The third kappa shape index (κ3) is 3.51. The van der Waals surface area contributed by atoms with Gasteiger partial charge in [-0.2, -0.15) is 5.10 Å². The van der Waals surface area contributed by atoms with Crippen molar-refractivity contribution in [3.63, 3.8) is 0 Å². The normalized spacial score (nSPS) is 11.3. The highest BCUT2D eigenvalue weighted by atomic mass is 16.5. The fourth-order valence-corrected chi connectivity index (χ4v) is 1.96. The Morgan fingerprint density at radius 2 is 2.05 bits per heavy atom. The molecule has 1 N–H and O–H groups in total. The molecule has 5 heteroatoms. The Hall–Kier alpha value is -2.56. The summed E-state index contributed by atoms with van der Waals surface area (Å²) in [5.41, 5.74) is 4.61. The number of nitrogens with zero attached hydrogens (tertiary/aromatic N) is 1. The molecule has 0 radical (unpaired) electrons. The van der Waals surface area contributed by atoms with E-state index in [-0.39, 0.29) is 5.91 Å². The van der Waals surface area contributed by atoms with Crippen LogP contribution in [0.2, 0.25) is 0 Å². The summed E-state index contributed by atoms with van der Waals surface area (Å²) >= 11 is 0. The van der Waals surface area contributed by atoms with E-state index >= 15 is 0 Å². The molecular weight excluding hydrogens is 268 g/mol. The highest BCUT2D eigenvalue weighted by molar-refractivity contribution is 6.01. The van der Waals surface area contributed by atoms with E-state index < -0.39 is 0 Å². The SMILES string of the molecule is COc1cccc(C(C)=NNC(=O)c2cc(C)oc2C)c1. The van der Waals surface area contributed by atoms with Gasteiger partial charge in [-0.15, -0.1) is 0 Å². The Bertz CT molecular complexity index is 687. The third-order valence-electron chi connectivity index (χ3n) is 3.10. The van der Waals surface area contributed by atoms with E-state index in [0.717, 1.165) is 11.3 Å². The van der Waals surface area contributed by atoms with Crippen molar-refractivity contribution in [1.82, 2.24) is 5.43 Å². The molecule has 2 rings (SSSR count). The van der Waals surface area contributed by atoms with Crippen LogP contribution in [0.1, 0.15) is 34.4 Å². The van der Waals surface area contributed by atoms with E-state index in [1.54, 1.807) is 27.0 Å². The predicted molar refractivity (Wildman–Crippen MR) is 80.9 cm³/mol. The number of nitrogens with one attached hydrogen (secondary N) is 1. The standard InChI is InChI=1S/C16H18N2O3/c1-10-8-15(12(3)21-10)16(19)18-17-11(2)13-6-5-7-14(9-13)20-4/h5-9H,1-4H3,(H,18,19). The zero-order chi connectivity index (χ0) is 15.4. The molecular formula is C16H18N2O3. The lowest BCUT2D eigenvalue weighted by atomic mass is 10.1. The first-order valence-corrected chi connectivity index (χ1v) is 6.57. The number of hydrazone groups is 1. The molecule has 5 nitrogen and oxygen atoms in total. The number of carbonyl (C=O) groups is 1. The summed E-state index contributed by atoms with van der Waals surface area (Å²) in [5, 5.41) is 4.12. The van der Waals surface area contributed by atoms with Crippen LogP contribution in [-0.2, 0) is 0 Å². The first-order chi connectivity index (χ1) is 10.0. The molecule has 1 aromatic heterocycles. The van der Waals surface area contributed by atoms with Gasteiger partial charge in [-0.3, -0.25) is 4.79 Å². The summed E-state index contributed by atoms with van der Waals surface area (Å²) in [7, 11) is 1.61. The first-order valence-electron chi connectivity index (χ1n) is 6.57. The van der Waals surface area contributed by atoms with Crippen LogP contribution in [0.4, 0.5) is 0 Å². The molecule has 2 aromatic rings. The first kappa shape index (κ1) is 14.8. The van der Waals surface area contributed by atoms with Gasteiger partial charge in [0.1, 0.15) is 17.3 Å². The molecule has 0 unspecified atom stereocenters. The van der Waals surface area contributed by atoms with Gasteiger partial charge < -0.3 is 9.15 Å². The Kier molecular flexibility index (Phi) is 4.42. The number of hydrogen-bond acceptors (Lipinski definition) is 4. The minimum atomic E-state index is -0.286. The number of furan rings is 1. The molecule has 1 amide bonds. The van der Waals surface area contributed by atoms with Crippen molar-refractivity contribution in [3.8, 4) is 5.75 Å². The van der Waals surface area contributed by atoms with Crippen molar-refractivity contribution in [1.29, 1.82) is 0 Å². The van der Waals surface area contributed by atoms with Gasteiger partial charge in [0.05, 0.1) is 18.4 Å². The summed E-state index contributed by atoms with van der Waals surface area (Å²) in [6.07, 6.45) is 0. The number of rotatable bonds is 4. The number of amides is 1. The summed E-state index contributed by atoms with van der Waals surface area (Å²) < 4.78 is 10.5. The zero-order valence-electron chi connectivity index (χ0n) is 12.6. The van der Waals surface area contributed by atoms with Crippen molar-refractivity contribution in [3.05, 3.63) is 53.0 Å². The summed E-state index contributed by atoms with van der Waals surface area (Å²) in [4.78, 5) is 12.0. The van der Waals surface area contributed by atoms with Gasteiger partial charge in [-0.25, -0.2) is 5.43 Å². The number of hydrogen-bond donors (Lipinski definition) is 1. The van der Waals surface area contributed by atoms with E-state index in [4.69, 9.17) is 9.15 Å². The van der Waals surface area contributed by atoms with Gasteiger partial charge in [0.25, 0.3) is 5.91 Å². The van der Waals surface area contributed by atoms with Crippen LogP contribution in [0.3, 0.4) is 0 Å². The molecule has 0 saturated carbocycles. The van der Waals surface area contributed by atoms with Gasteiger partial charge in [-0.05, 0) is 39.0 Å². The number of aryl methyl sites for hydroxylation is 2. The molecule has 0 saturated heterocycles. The maximum Gasteiger partial charge on any atom is 0.274 e. The van der Waals surface area contributed by atoms with Crippen molar-refractivity contribution in [2.24, 2.45) is 5.10 Å². The maximum atomic E-state index is 12.0. The predicted octanol–water partition coefficient (Wildman–Crippen LogP) is 3.06. The highest BCUT2D eigenvalue weighted by Crippen LogP contribution is 2.14. The van der Waals surface area contributed by atoms with Crippen molar-refractivity contribution >= 4 is 11.6 Å². The van der Waals surface area contributed by atoms with E-state index in [1.807, 2.05) is 31.2 Å². The molecule has 110 valence electrons. The number of methoxy groups -OCH3 is 1. The minimum absolute atomic E-state index is 0.286.